The Hall–Kier alpha value is -1.68. The molecule has 0 N–H and O–H groups in total. The van der Waals surface area contributed by atoms with Crippen molar-refractivity contribution in [3.8, 4) is 17.0 Å². The first-order chi connectivity index (χ1) is 8.20. The van der Waals surface area contributed by atoms with Crippen molar-refractivity contribution in [3.05, 3.63) is 35.2 Å². The van der Waals surface area contributed by atoms with Gasteiger partial charge in [0, 0.05) is 5.56 Å². The fraction of sp³-hybridized carbons (Fsp3) is 0.250. The number of hydrogen-bond acceptors (Lipinski definition) is 4. The molecule has 17 heavy (non-hydrogen) atoms. The number of hydrogen-bond donors (Lipinski definition) is 0. The molecule has 5 heteroatoms. The molecule has 0 spiro atoms. The highest BCUT2D eigenvalue weighted by atomic mass is 35.5. The smallest absolute Gasteiger partial charge is 0.159 e. The van der Waals surface area contributed by atoms with E-state index < -0.39 is 0 Å². The second-order valence-corrected chi connectivity index (χ2v) is 3.81. The monoisotopic (exact) mass is 249 g/mol. The van der Waals surface area contributed by atoms with Crippen molar-refractivity contribution in [3.63, 3.8) is 0 Å². The zero-order valence-electron chi connectivity index (χ0n) is 9.64. The third-order valence-electron chi connectivity index (χ3n) is 2.19. The van der Waals surface area contributed by atoms with Crippen molar-refractivity contribution in [1.29, 1.82) is 0 Å². The molecule has 0 aliphatic carbocycles. The number of benzene rings is 1. The van der Waals surface area contributed by atoms with Gasteiger partial charge < -0.3 is 4.74 Å². The normalized spacial score (nSPS) is 10.3. The number of nitrogens with zero attached hydrogens (tertiary/aromatic N) is 3. The summed E-state index contributed by atoms with van der Waals surface area (Å²) in [6, 6.07) is 7.52. The summed E-state index contributed by atoms with van der Waals surface area (Å²) >= 11 is 6.02. The maximum absolute atomic E-state index is 6.02. The van der Waals surface area contributed by atoms with Crippen molar-refractivity contribution < 1.29 is 4.74 Å². The Kier molecular flexibility index (Phi) is 3.54. The van der Waals surface area contributed by atoms with Gasteiger partial charge in [-0.2, -0.15) is 0 Å². The highest BCUT2D eigenvalue weighted by molar-refractivity contribution is 6.31. The molecule has 0 aliphatic heterocycles. The van der Waals surface area contributed by atoms with Gasteiger partial charge in [0.15, 0.2) is 5.15 Å². The van der Waals surface area contributed by atoms with Crippen LogP contribution in [-0.2, 0) is 0 Å². The van der Waals surface area contributed by atoms with E-state index in [9.17, 15) is 0 Å². The fourth-order valence-corrected chi connectivity index (χ4v) is 1.70. The summed E-state index contributed by atoms with van der Waals surface area (Å²) in [4.78, 5) is 4.07. The Morgan fingerprint density at radius 2 is 1.88 bits per heavy atom. The predicted molar refractivity (Wildman–Crippen MR) is 66.2 cm³/mol. The molecule has 0 aliphatic rings. The Bertz CT molecular complexity index is 514. The van der Waals surface area contributed by atoms with Gasteiger partial charge in [-0.15, -0.1) is 10.2 Å². The lowest BCUT2D eigenvalue weighted by atomic mass is 10.1. The Balaban J connectivity index is 2.33. The van der Waals surface area contributed by atoms with Crippen LogP contribution in [-0.4, -0.2) is 21.8 Å². The summed E-state index contributed by atoms with van der Waals surface area (Å²) in [6.45, 7) is 4.34. The molecule has 0 saturated heterocycles. The van der Waals surface area contributed by atoms with Gasteiger partial charge in [0.05, 0.1) is 6.61 Å². The van der Waals surface area contributed by atoms with E-state index in [1.807, 2.05) is 31.2 Å². The third-order valence-corrected chi connectivity index (χ3v) is 2.45. The van der Waals surface area contributed by atoms with Crippen molar-refractivity contribution in [2.45, 2.75) is 13.8 Å². The Morgan fingerprint density at radius 1 is 1.18 bits per heavy atom. The molecule has 2 aromatic rings. The standard InChI is InChI=1S/C12H12ClN3O/c1-3-17-10-6-4-9(5-7-10)11-12(13)14-8(2)15-16-11/h4-7H,3H2,1-2H3. The van der Waals surface area contributed by atoms with Gasteiger partial charge in [0.25, 0.3) is 0 Å². The molecule has 0 saturated carbocycles. The van der Waals surface area contributed by atoms with Crippen molar-refractivity contribution in [2.24, 2.45) is 0 Å². The quantitative estimate of drug-likeness (QED) is 0.839. The summed E-state index contributed by atoms with van der Waals surface area (Å²) in [5, 5.41) is 8.30. The predicted octanol–water partition coefficient (Wildman–Crippen LogP) is 2.90. The lowest BCUT2D eigenvalue weighted by Crippen LogP contribution is -1.96. The molecule has 0 atom stereocenters. The molecule has 0 amide bonds. The van der Waals surface area contributed by atoms with Crippen molar-refractivity contribution >= 4 is 11.6 Å². The van der Waals surface area contributed by atoms with Crippen LogP contribution in [0.15, 0.2) is 24.3 Å². The second-order valence-electron chi connectivity index (χ2n) is 3.46. The molecular weight excluding hydrogens is 238 g/mol. The van der Waals surface area contributed by atoms with Gasteiger partial charge >= 0.3 is 0 Å². The molecule has 1 aromatic carbocycles. The van der Waals surface area contributed by atoms with Crippen LogP contribution in [0.2, 0.25) is 5.15 Å². The van der Waals surface area contributed by atoms with Gasteiger partial charge in [-0.25, -0.2) is 4.98 Å². The minimum Gasteiger partial charge on any atom is -0.494 e. The van der Waals surface area contributed by atoms with E-state index in [4.69, 9.17) is 16.3 Å². The summed E-state index contributed by atoms with van der Waals surface area (Å²) in [6.07, 6.45) is 0. The molecule has 2 rings (SSSR count). The van der Waals surface area contributed by atoms with Gasteiger partial charge in [-0.1, -0.05) is 11.6 Å². The van der Waals surface area contributed by atoms with E-state index in [0.29, 0.717) is 23.3 Å². The zero-order chi connectivity index (χ0) is 12.3. The molecule has 4 nitrogen and oxygen atoms in total. The SMILES string of the molecule is CCOc1ccc(-c2nnc(C)nc2Cl)cc1. The first kappa shape index (κ1) is 11.8. The minimum atomic E-state index is 0.363. The molecule has 0 radical (unpaired) electrons. The van der Waals surface area contributed by atoms with Crippen LogP contribution in [0.25, 0.3) is 11.3 Å². The maximum atomic E-state index is 6.02. The first-order valence-corrected chi connectivity index (χ1v) is 5.68. The number of aromatic nitrogens is 3. The van der Waals surface area contributed by atoms with E-state index in [2.05, 4.69) is 15.2 Å². The average molecular weight is 250 g/mol. The van der Waals surface area contributed by atoms with Crippen LogP contribution in [0.5, 0.6) is 5.75 Å². The zero-order valence-corrected chi connectivity index (χ0v) is 10.4. The summed E-state index contributed by atoms with van der Waals surface area (Å²) < 4.78 is 5.36. The van der Waals surface area contributed by atoms with Crippen LogP contribution in [0, 0.1) is 6.92 Å². The molecule has 0 fully saturated rings. The molecule has 0 unspecified atom stereocenters. The second kappa shape index (κ2) is 5.10. The van der Waals surface area contributed by atoms with Crippen LogP contribution in [0.1, 0.15) is 12.7 Å². The number of aryl methyl sites for hydroxylation is 1. The van der Waals surface area contributed by atoms with Crippen LogP contribution >= 0.6 is 11.6 Å². The summed E-state index contributed by atoms with van der Waals surface area (Å²) in [5.41, 5.74) is 1.46. The molecular formula is C12H12ClN3O. The average Bonchev–Trinajstić information content (AvgIpc) is 2.31. The van der Waals surface area contributed by atoms with Gasteiger partial charge in [0.1, 0.15) is 17.3 Å². The first-order valence-electron chi connectivity index (χ1n) is 5.30. The fourth-order valence-electron chi connectivity index (χ4n) is 1.43. The summed E-state index contributed by atoms with van der Waals surface area (Å²) in [5.74, 6) is 1.38. The highest BCUT2D eigenvalue weighted by Gasteiger charge is 2.07. The van der Waals surface area contributed by atoms with E-state index in [-0.39, 0.29) is 0 Å². The lowest BCUT2D eigenvalue weighted by Gasteiger charge is -2.05. The van der Waals surface area contributed by atoms with E-state index in [0.717, 1.165) is 11.3 Å². The number of halogens is 1. The van der Waals surface area contributed by atoms with Gasteiger partial charge in [-0.3, -0.25) is 0 Å². The van der Waals surface area contributed by atoms with Crippen LogP contribution in [0.4, 0.5) is 0 Å². The minimum absolute atomic E-state index is 0.363. The largest absolute Gasteiger partial charge is 0.494 e. The lowest BCUT2D eigenvalue weighted by molar-refractivity contribution is 0.340. The molecule has 1 heterocycles. The molecule has 88 valence electrons. The van der Waals surface area contributed by atoms with Crippen molar-refractivity contribution in [1.82, 2.24) is 15.2 Å². The highest BCUT2D eigenvalue weighted by Crippen LogP contribution is 2.25. The van der Waals surface area contributed by atoms with E-state index >= 15 is 0 Å². The maximum Gasteiger partial charge on any atom is 0.159 e. The third kappa shape index (κ3) is 2.71. The topological polar surface area (TPSA) is 47.9 Å². The summed E-state index contributed by atoms with van der Waals surface area (Å²) in [7, 11) is 0. The van der Waals surface area contributed by atoms with E-state index in [1.165, 1.54) is 0 Å². The van der Waals surface area contributed by atoms with Crippen molar-refractivity contribution in [2.75, 3.05) is 6.61 Å². The van der Waals surface area contributed by atoms with Crippen LogP contribution < -0.4 is 4.74 Å². The van der Waals surface area contributed by atoms with Gasteiger partial charge in [0.2, 0.25) is 0 Å². The van der Waals surface area contributed by atoms with Gasteiger partial charge in [-0.05, 0) is 38.1 Å². The van der Waals surface area contributed by atoms with Crippen LogP contribution in [0.3, 0.4) is 0 Å². The Labute approximate surface area is 105 Å². The Morgan fingerprint density at radius 3 is 2.47 bits per heavy atom. The molecule has 0 bridgehead atoms. The number of ether oxygens (including phenoxy) is 1. The molecule has 1 aromatic heterocycles. The number of rotatable bonds is 3. The van der Waals surface area contributed by atoms with E-state index in [1.54, 1.807) is 6.92 Å².